The second kappa shape index (κ2) is 3.48. The van der Waals surface area contributed by atoms with Crippen LogP contribution in [0, 0.1) is 5.92 Å². The van der Waals surface area contributed by atoms with Gasteiger partial charge in [-0.3, -0.25) is 0 Å². The second-order valence-corrected chi connectivity index (χ2v) is 6.18. The van der Waals surface area contributed by atoms with Gasteiger partial charge in [0, 0.05) is 0 Å². The van der Waals surface area contributed by atoms with Crippen LogP contribution in [0.3, 0.4) is 0 Å². The van der Waals surface area contributed by atoms with Crippen LogP contribution >= 0.6 is 0 Å². The fraction of sp³-hybridized carbons (Fsp3) is 0.929. The van der Waals surface area contributed by atoms with E-state index in [0.29, 0.717) is 12.0 Å². The quantitative estimate of drug-likeness (QED) is 0.555. The van der Waals surface area contributed by atoms with Gasteiger partial charge in [-0.1, -0.05) is 19.3 Å². The molecular formula is C14H20O4. The second-order valence-electron chi connectivity index (χ2n) is 6.18. The molecule has 4 rings (SSSR count). The van der Waals surface area contributed by atoms with E-state index < -0.39 is 5.60 Å². The third kappa shape index (κ3) is 1.16. The lowest BCUT2D eigenvalue weighted by Gasteiger charge is -2.31. The van der Waals surface area contributed by atoms with E-state index >= 15 is 0 Å². The average Bonchev–Trinajstić information content (AvgIpc) is 3.29. The van der Waals surface area contributed by atoms with E-state index in [2.05, 4.69) is 0 Å². The zero-order valence-corrected chi connectivity index (χ0v) is 10.8. The van der Waals surface area contributed by atoms with E-state index in [0.717, 1.165) is 12.8 Å². The molecule has 4 fully saturated rings. The van der Waals surface area contributed by atoms with E-state index in [-0.39, 0.29) is 17.7 Å². The molecule has 2 saturated carbocycles. The fourth-order valence-corrected chi connectivity index (χ4v) is 4.53. The molecule has 0 aromatic rings. The summed E-state index contributed by atoms with van der Waals surface area (Å²) in [6.07, 6.45) is 8.38. The van der Waals surface area contributed by atoms with Crippen molar-refractivity contribution in [2.45, 2.75) is 68.4 Å². The molecule has 4 nitrogen and oxygen atoms in total. The first kappa shape index (κ1) is 11.2. The van der Waals surface area contributed by atoms with E-state index in [9.17, 15) is 4.79 Å². The average molecular weight is 252 g/mol. The maximum atomic E-state index is 12.1. The van der Waals surface area contributed by atoms with Gasteiger partial charge in [0.15, 0.2) is 5.60 Å². The van der Waals surface area contributed by atoms with E-state index in [4.69, 9.17) is 14.2 Å². The zero-order valence-electron chi connectivity index (χ0n) is 10.8. The summed E-state index contributed by atoms with van der Waals surface area (Å²) in [5.41, 5.74) is -0.995. The molecule has 0 bridgehead atoms. The number of rotatable bonds is 2. The fourth-order valence-electron chi connectivity index (χ4n) is 4.53. The van der Waals surface area contributed by atoms with Crippen molar-refractivity contribution in [2.75, 3.05) is 7.11 Å². The van der Waals surface area contributed by atoms with Crippen molar-refractivity contribution in [2.24, 2.45) is 5.92 Å². The maximum absolute atomic E-state index is 12.1. The van der Waals surface area contributed by atoms with Crippen LogP contribution in [0.25, 0.3) is 0 Å². The summed E-state index contributed by atoms with van der Waals surface area (Å²) in [6.45, 7) is 0. The van der Waals surface area contributed by atoms with Gasteiger partial charge in [-0.15, -0.1) is 0 Å². The highest BCUT2D eigenvalue weighted by atomic mass is 16.7. The molecule has 18 heavy (non-hydrogen) atoms. The third-order valence-electron chi connectivity index (χ3n) is 5.45. The minimum Gasteiger partial charge on any atom is -0.467 e. The molecule has 0 aromatic heterocycles. The van der Waals surface area contributed by atoms with E-state index in [1.807, 2.05) is 0 Å². The molecule has 4 aliphatic rings. The molecule has 100 valence electrons. The Hall–Kier alpha value is -0.610. The van der Waals surface area contributed by atoms with Crippen LogP contribution in [-0.4, -0.2) is 36.5 Å². The van der Waals surface area contributed by atoms with Gasteiger partial charge in [0.05, 0.1) is 13.2 Å². The van der Waals surface area contributed by atoms with Crippen LogP contribution < -0.4 is 0 Å². The molecule has 2 aliphatic carbocycles. The Balaban J connectivity index is 1.67. The molecule has 0 radical (unpaired) electrons. The summed E-state index contributed by atoms with van der Waals surface area (Å²) in [4.78, 5) is 12.1. The number of methoxy groups -OCH3 is 1. The van der Waals surface area contributed by atoms with Crippen LogP contribution in [0.15, 0.2) is 0 Å². The predicted molar refractivity (Wildman–Crippen MR) is 63.0 cm³/mol. The summed E-state index contributed by atoms with van der Waals surface area (Å²) in [5, 5.41) is 0. The summed E-state index contributed by atoms with van der Waals surface area (Å²) < 4.78 is 16.9. The lowest BCUT2D eigenvalue weighted by atomic mass is 9.68. The van der Waals surface area contributed by atoms with Gasteiger partial charge in [-0.2, -0.15) is 0 Å². The Morgan fingerprint density at radius 2 is 2.00 bits per heavy atom. The van der Waals surface area contributed by atoms with Crippen LogP contribution in [0.1, 0.15) is 44.9 Å². The first-order valence-corrected chi connectivity index (χ1v) is 7.19. The minimum absolute atomic E-state index is 0.161. The van der Waals surface area contributed by atoms with Crippen molar-refractivity contribution in [3.05, 3.63) is 0 Å². The number of fused-ring (bicyclic) bond motifs is 3. The molecule has 0 spiro atoms. The Morgan fingerprint density at radius 3 is 2.72 bits per heavy atom. The van der Waals surface area contributed by atoms with Gasteiger partial charge >= 0.3 is 5.97 Å². The molecule has 4 atom stereocenters. The summed E-state index contributed by atoms with van der Waals surface area (Å²) >= 11 is 0. The van der Waals surface area contributed by atoms with Crippen LogP contribution in [0.2, 0.25) is 0 Å². The highest BCUT2D eigenvalue weighted by Gasteiger charge is 2.87. The SMILES string of the molecule is COC(=O)C12CCC3OC3C1(C1CCCCC1)O2. The van der Waals surface area contributed by atoms with Gasteiger partial charge in [0.1, 0.15) is 11.7 Å². The van der Waals surface area contributed by atoms with Crippen LogP contribution in [-0.2, 0) is 19.0 Å². The van der Waals surface area contributed by atoms with Gasteiger partial charge in [0.25, 0.3) is 0 Å². The highest BCUT2D eigenvalue weighted by Crippen LogP contribution is 2.69. The monoisotopic (exact) mass is 252 g/mol. The molecule has 2 heterocycles. The van der Waals surface area contributed by atoms with Crippen molar-refractivity contribution >= 4 is 5.97 Å². The molecule has 2 aliphatic heterocycles. The zero-order chi connectivity index (χ0) is 12.4. The molecular weight excluding hydrogens is 232 g/mol. The minimum atomic E-state index is -0.665. The van der Waals surface area contributed by atoms with Gasteiger partial charge in [-0.25, -0.2) is 4.79 Å². The number of ether oxygens (including phenoxy) is 3. The summed E-state index contributed by atoms with van der Waals surface area (Å²) in [7, 11) is 1.46. The largest absolute Gasteiger partial charge is 0.467 e. The van der Waals surface area contributed by atoms with Crippen LogP contribution in [0.4, 0.5) is 0 Å². The number of hydrogen-bond donors (Lipinski definition) is 0. The predicted octanol–water partition coefficient (Wildman–Crippen LogP) is 1.81. The van der Waals surface area contributed by atoms with Crippen molar-refractivity contribution in [1.82, 2.24) is 0 Å². The molecule has 4 heteroatoms. The maximum Gasteiger partial charge on any atom is 0.341 e. The Labute approximate surface area is 107 Å². The first-order chi connectivity index (χ1) is 8.74. The van der Waals surface area contributed by atoms with Crippen molar-refractivity contribution < 1.29 is 19.0 Å². The number of carbonyl (C=O) groups excluding carboxylic acids is 1. The standard InChI is InChI=1S/C14H20O4/c1-16-12(15)13-8-7-10-11(17-10)14(13,18-13)9-5-3-2-4-6-9/h9-11H,2-8H2,1H3. The van der Waals surface area contributed by atoms with Gasteiger partial charge in [-0.05, 0) is 31.6 Å². The van der Waals surface area contributed by atoms with Crippen molar-refractivity contribution in [1.29, 1.82) is 0 Å². The van der Waals surface area contributed by atoms with E-state index in [1.54, 1.807) is 0 Å². The van der Waals surface area contributed by atoms with Crippen molar-refractivity contribution in [3.63, 3.8) is 0 Å². The smallest absolute Gasteiger partial charge is 0.341 e. The Bertz CT molecular complexity index is 389. The summed E-state index contributed by atoms with van der Waals surface area (Å²) in [5.74, 6) is 0.308. The summed E-state index contributed by atoms with van der Waals surface area (Å²) in [6, 6.07) is 0. The normalized spacial score (nSPS) is 50.1. The van der Waals surface area contributed by atoms with E-state index in [1.165, 1.54) is 39.2 Å². The topological polar surface area (TPSA) is 51.4 Å². The van der Waals surface area contributed by atoms with Crippen molar-refractivity contribution in [3.8, 4) is 0 Å². The number of epoxide rings is 2. The Morgan fingerprint density at radius 1 is 1.22 bits per heavy atom. The molecule has 4 unspecified atom stereocenters. The lowest BCUT2D eigenvalue weighted by molar-refractivity contribution is -0.147. The molecule has 0 N–H and O–H groups in total. The number of hydrogen-bond acceptors (Lipinski definition) is 4. The molecule has 0 aromatic carbocycles. The first-order valence-electron chi connectivity index (χ1n) is 7.19. The van der Waals surface area contributed by atoms with Crippen LogP contribution in [0.5, 0.6) is 0 Å². The molecule has 0 amide bonds. The van der Waals surface area contributed by atoms with Gasteiger partial charge in [0.2, 0.25) is 0 Å². The lowest BCUT2D eigenvalue weighted by Crippen LogP contribution is -2.47. The Kier molecular flexibility index (Phi) is 2.17. The van der Waals surface area contributed by atoms with Gasteiger partial charge < -0.3 is 14.2 Å². The third-order valence-corrected chi connectivity index (χ3v) is 5.45. The number of esters is 1. The number of carbonyl (C=O) groups is 1. The molecule has 2 saturated heterocycles. The highest BCUT2D eigenvalue weighted by molar-refractivity contribution is 5.86.